The van der Waals surface area contributed by atoms with Crippen molar-refractivity contribution in [3.63, 3.8) is 0 Å². The van der Waals surface area contributed by atoms with E-state index in [1.54, 1.807) is 0 Å². The minimum absolute atomic E-state index is 0.172. The van der Waals surface area contributed by atoms with E-state index >= 15 is 0 Å². The summed E-state index contributed by atoms with van der Waals surface area (Å²) in [7, 11) is 0. The van der Waals surface area contributed by atoms with Crippen LogP contribution in [-0.4, -0.2) is 70.2 Å². The van der Waals surface area contributed by atoms with Gasteiger partial charge in [-0.3, -0.25) is 9.59 Å². The first kappa shape index (κ1) is 19.8. The van der Waals surface area contributed by atoms with E-state index in [1.165, 1.54) is 34.1 Å². The number of nitrogens with zero attached hydrogens (tertiary/aromatic N) is 2. The number of carbonyl (C=O) groups excluding carboxylic acids is 2. The second-order valence-electron chi connectivity index (χ2n) is 4.53. The summed E-state index contributed by atoms with van der Waals surface area (Å²) in [5, 5.41) is 19.9. The van der Waals surface area contributed by atoms with Crippen LogP contribution in [0.1, 0.15) is 0 Å². The average Bonchev–Trinajstić information content (AvgIpc) is 2.51. The van der Waals surface area contributed by atoms with Gasteiger partial charge in [-0.15, -0.1) is 26.3 Å². The highest BCUT2D eigenvalue weighted by Gasteiger charge is 2.34. The van der Waals surface area contributed by atoms with Crippen LogP contribution in [0.25, 0.3) is 0 Å². The van der Waals surface area contributed by atoms with Gasteiger partial charge in [0.25, 0.3) is 11.8 Å². The van der Waals surface area contributed by atoms with Crippen LogP contribution in [0.15, 0.2) is 50.6 Å². The van der Waals surface area contributed by atoms with E-state index < -0.39 is 24.0 Å². The summed E-state index contributed by atoms with van der Waals surface area (Å²) in [6.45, 7) is 14.7. The van der Waals surface area contributed by atoms with Crippen LogP contribution in [0.4, 0.5) is 0 Å². The zero-order valence-corrected chi connectivity index (χ0v) is 12.7. The molecule has 2 amide bonds. The first-order valence-corrected chi connectivity index (χ1v) is 6.81. The van der Waals surface area contributed by atoms with Gasteiger partial charge in [0.15, 0.2) is 12.2 Å². The summed E-state index contributed by atoms with van der Waals surface area (Å²) in [5.74, 6) is -1.53. The second-order valence-corrected chi connectivity index (χ2v) is 4.53. The third-order valence-electron chi connectivity index (χ3n) is 2.83. The highest BCUT2D eigenvalue weighted by atomic mass is 16.3. The topological polar surface area (TPSA) is 81.1 Å². The van der Waals surface area contributed by atoms with Crippen molar-refractivity contribution in [1.29, 1.82) is 0 Å². The van der Waals surface area contributed by atoms with Gasteiger partial charge >= 0.3 is 0 Å². The highest BCUT2D eigenvalue weighted by Crippen LogP contribution is 2.06. The summed E-state index contributed by atoms with van der Waals surface area (Å²) >= 11 is 0. The molecule has 122 valence electrons. The van der Waals surface area contributed by atoms with E-state index in [2.05, 4.69) is 26.3 Å². The van der Waals surface area contributed by atoms with Gasteiger partial charge in [-0.25, -0.2) is 0 Å². The lowest BCUT2D eigenvalue weighted by Crippen LogP contribution is -2.52. The fourth-order valence-electron chi connectivity index (χ4n) is 1.78. The van der Waals surface area contributed by atoms with Crippen molar-refractivity contribution in [2.45, 2.75) is 12.2 Å². The number of rotatable bonds is 11. The number of hydrogen-bond acceptors (Lipinski definition) is 4. The van der Waals surface area contributed by atoms with Gasteiger partial charge in [0.05, 0.1) is 0 Å². The molecule has 0 aromatic heterocycles. The lowest BCUT2D eigenvalue weighted by Gasteiger charge is -2.28. The van der Waals surface area contributed by atoms with Crippen LogP contribution < -0.4 is 0 Å². The molecule has 0 aliphatic rings. The molecule has 0 bridgehead atoms. The molecule has 0 heterocycles. The van der Waals surface area contributed by atoms with Crippen molar-refractivity contribution in [3.05, 3.63) is 50.6 Å². The van der Waals surface area contributed by atoms with Crippen LogP contribution >= 0.6 is 0 Å². The smallest absolute Gasteiger partial charge is 0.255 e. The Hall–Kier alpha value is -2.18. The Bertz CT molecular complexity index is 374. The molecule has 0 aromatic rings. The Morgan fingerprint density at radius 2 is 0.955 bits per heavy atom. The molecule has 22 heavy (non-hydrogen) atoms. The molecular weight excluding hydrogens is 284 g/mol. The monoisotopic (exact) mass is 308 g/mol. The van der Waals surface area contributed by atoms with Crippen molar-refractivity contribution >= 4 is 11.8 Å². The zero-order valence-electron chi connectivity index (χ0n) is 12.7. The number of aliphatic hydroxyl groups is 2. The third-order valence-corrected chi connectivity index (χ3v) is 2.83. The van der Waals surface area contributed by atoms with Crippen LogP contribution in [-0.2, 0) is 9.59 Å². The number of amides is 2. The van der Waals surface area contributed by atoms with Gasteiger partial charge in [0.2, 0.25) is 0 Å². The van der Waals surface area contributed by atoms with Gasteiger partial charge in [-0.2, -0.15) is 0 Å². The summed E-state index contributed by atoms with van der Waals surface area (Å²) in [6, 6.07) is 0. The molecular formula is C16H24N2O4. The highest BCUT2D eigenvalue weighted by molar-refractivity contribution is 5.91. The zero-order chi connectivity index (χ0) is 17.1. The maximum absolute atomic E-state index is 12.1. The standard InChI is InChI=1S/C16H24N2O4/c1-5-9-17(10-6-2)15(21)13(19)14(20)16(22)18(11-7-3)12-8-4/h5-8,13-14,19-20H,1-4,9-12H2. The molecule has 0 aliphatic carbocycles. The summed E-state index contributed by atoms with van der Waals surface area (Å²) in [5.41, 5.74) is 0. The van der Waals surface area contributed by atoms with E-state index in [0.29, 0.717) is 0 Å². The largest absolute Gasteiger partial charge is 0.380 e. The maximum atomic E-state index is 12.1. The lowest BCUT2D eigenvalue weighted by molar-refractivity contribution is -0.157. The van der Waals surface area contributed by atoms with E-state index in [1.807, 2.05) is 0 Å². The molecule has 0 rings (SSSR count). The van der Waals surface area contributed by atoms with E-state index in [4.69, 9.17) is 0 Å². The number of aliphatic hydroxyl groups excluding tert-OH is 2. The minimum Gasteiger partial charge on any atom is -0.380 e. The lowest BCUT2D eigenvalue weighted by atomic mass is 10.1. The molecule has 0 aliphatic heterocycles. The molecule has 6 heteroatoms. The van der Waals surface area contributed by atoms with Crippen molar-refractivity contribution in [3.8, 4) is 0 Å². The minimum atomic E-state index is -1.86. The molecule has 0 saturated heterocycles. The fourth-order valence-corrected chi connectivity index (χ4v) is 1.78. The van der Waals surface area contributed by atoms with Gasteiger partial charge in [0, 0.05) is 26.2 Å². The first-order valence-electron chi connectivity index (χ1n) is 6.81. The van der Waals surface area contributed by atoms with Crippen molar-refractivity contribution in [2.24, 2.45) is 0 Å². The third kappa shape index (κ3) is 5.67. The van der Waals surface area contributed by atoms with E-state index in [-0.39, 0.29) is 26.2 Å². The van der Waals surface area contributed by atoms with E-state index in [9.17, 15) is 19.8 Å². The predicted molar refractivity (Wildman–Crippen MR) is 86.0 cm³/mol. The number of carbonyl (C=O) groups is 2. The van der Waals surface area contributed by atoms with Crippen molar-refractivity contribution < 1.29 is 19.8 Å². The molecule has 0 saturated carbocycles. The Kier molecular flexibility index (Phi) is 9.49. The SMILES string of the molecule is C=CCN(CC=C)C(=O)C(O)C(O)C(=O)N(CC=C)CC=C. The molecule has 0 aromatic carbocycles. The number of hydrogen-bond donors (Lipinski definition) is 2. The molecule has 2 unspecified atom stereocenters. The Labute approximate surface area is 131 Å². The Morgan fingerprint density at radius 1 is 0.727 bits per heavy atom. The molecule has 6 nitrogen and oxygen atoms in total. The molecule has 2 N–H and O–H groups in total. The van der Waals surface area contributed by atoms with Crippen LogP contribution in [0.3, 0.4) is 0 Å². The van der Waals surface area contributed by atoms with Crippen molar-refractivity contribution in [1.82, 2.24) is 9.80 Å². The second kappa shape index (κ2) is 10.5. The normalized spacial score (nSPS) is 12.6. The van der Waals surface area contributed by atoms with Crippen LogP contribution in [0.5, 0.6) is 0 Å². The van der Waals surface area contributed by atoms with Crippen molar-refractivity contribution in [2.75, 3.05) is 26.2 Å². The van der Waals surface area contributed by atoms with Gasteiger partial charge < -0.3 is 20.0 Å². The summed E-state index contributed by atoms with van der Waals surface area (Å²) < 4.78 is 0. The fraction of sp³-hybridized carbons (Fsp3) is 0.375. The molecule has 0 fully saturated rings. The van der Waals surface area contributed by atoms with E-state index in [0.717, 1.165) is 0 Å². The van der Waals surface area contributed by atoms with Gasteiger partial charge in [-0.05, 0) is 0 Å². The first-order chi connectivity index (χ1) is 10.4. The predicted octanol–water partition coefficient (Wildman–Crippen LogP) is 0.109. The Balaban J connectivity index is 5.02. The molecule has 0 radical (unpaired) electrons. The maximum Gasteiger partial charge on any atom is 0.255 e. The summed E-state index contributed by atoms with van der Waals surface area (Å²) in [4.78, 5) is 26.7. The molecule has 0 spiro atoms. The van der Waals surface area contributed by atoms with Crippen LogP contribution in [0, 0.1) is 0 Å². The summed E-state index contributed by atoms with van der Waals surface area (Å²) in [6.07, 6.45) is 2.19. The average molecular weight is 308 g/mol. The van der Waals surface area contributed by atoms with Crippen LogP contribution in [0.2, 0.25) is 0 Å². The van der Waals surface area contributed by atoms with Gasteiger partial charge in [-0.1, -0.05) is 24.3 Å². The quantitative estimate of drug-likeness (QED) is 0.531. The molecule has 2 atom stereocenters. The Morgan fingerprint density at radius 3 is 1.14 bits per heavy atom. The van der Waals surface area contributed by atoms with Gasteiger partial charge in [0.1, 0.15) is 0 Å².